The number of urea groups is 1. The van der Waals surface area contributed by atoms with E-state index in [2.05, 4.69) is 30.8 Å². The van der Waals surface area contributed by atoms with Crippen LogP contribution in [-0.4, -0.2) is 26.2 Å². The third-order valence-electron chi connectivity index (χ3n) is 3.99. The molecule has 0 unspecified atom stereocenters. The molecule has 4 rings (SSSR count). The molecule has 0 aliphatic carbocycles. The van der Waals surface area contributed by atoms with E-state index >= 15 is 0 Å². The Hall–Kier alpha value is -3.85. The zero-order valence-corrected chi connectivity index (χ0v) is 15.7. The topological polar surface area (TPSA) is 125 Å². The molecule has 9 nitrogen and oxygen atoms in total. The quantitative estimate of drug-likeness (QED) is 0.401. The molecule has 4 aromatic rings. The van der Waals surface area contributed by atoms with E-state index in [4.69, 9.17) is 16.3 Å². The van der Waals surface area contributed by atoms with Crippen LogP contribution in [0.2, 0.25) is 5.02 Å². The van der Waals surface area contributed by atoms with E-state index in [0.717, 1.165) is 0 Å². The summed E-state index contributed by atoms with van der Waals surface area (Å²) >= 11 is 5.92. The molecule has 0 radical (unpaired) electrons. The largest absolute Gasteiger partial charge is 0.455 e. The number of hydrogen-bond acceptors (Lipinski definition) is 5. The Labute approximate surface area is 169 Å². The molecule has 0 saturated heterocycles. The summed E-state index contributed by atoms with van der Waals surface area (Å²) in [5.74, 6) is 1.31. The number of carbonyl (C=O) groups is 1. The Bertz CT molecular complexity index is 1220. The zero-order valence-electron chi connectivity index (χ0n) is 14.9. The van der Waals surface area contributed by atoms with Crippen molar-refractivity contribution < 1.29 is 9.53 Å². The monoisotopic (exact) mass is 410 g/mol. The third kappa shape index (κ3) is 4.36. The summed E-state index contributed by atoms with van der Waals surface area (Å²) in [5.41, 5.74) is 0.711. The molecule has 0 spiro atoms. The van der Waals surface area contributed by atoms with Crippen molar-refractivity contribution in [2.45, 2.75) is 6.54 Å². The van der Waals surface area contributed by atoms with Gasteiger partial charge in [0.25, 0.3) is 0 Å². The number of ether oxygens (including phenoxy) is 1. The molecule has 10 heteroatoms. The fourth-order valence-corrected chi connectivity index (χ4v) is 2.81. The average Bonchev–Trinajstić information content (AvgIpc) is 3.15. The number of pyridine rings is 1. The first-order chi connectivity index (χ1) is 14.1. The van der Waals surface area contributed by atoms with Crippen LogP contribution in [-0.2, 0) is 6.54 Å². The van der Waals surface area contributed by atoms with Crippen molar-refractivity contribution in [3.05, 3.63) is 76.1 Å². The number of aromatic nitrogens is 4. The number of hydrogen-bond donors (Lipinski definition) is 4. The molecule has 2 heterocycles. The number of rotatable bonds is 5. The Morgan fingerprint density at radius 2 is 1.97 bits per heavy atom. The van der Waals surface area contributed by atoms with Gasteiger partial charge in [-0.1, -0.05) is 11.6 Å². The number of halogens is 1. The molecular formula is C19H15ClN6O3. The maximum atomic E-state index is 12.4. The van der Waals surface area contributed by atoms with Crippen LogP contribution in [0.25, 0.3) is 10.9 Å². The normalized spacial score (nSPS) is 10.7. The van der Waals surface area contributed by atoms with Gasteiger partial charge in [0.2, 0.25) is 0 Å². The van der Waals surface area contributed by atoms with Crippen molar-refractivity contribution in [3.8, 4) is 11.5 Å². The lowest BCUT2D eigenvalue weighted by Crippen LogP contribution is -2.29. The van der Waals surface area contributed by atoms with Crippen molar-refractivity contribution in [3.63, 3.8) is 0 Å². The minimum absolute atomic E-state index is 0.0426. The number of nitrogens with one attached hydrogen (secondary N) is 4. The van der Waals surface area contributed by atoms with E-state index in [1.165, 1.54) is 0 Å². The maximum Gasteiger partial charge on any atom is 0.340 e. The van der Waals surface area contributed by atoms with Gasteiger partial charge in [-0.05, 0) is 48.5 Å². The smallest absolute Gasteiger partial charge is 0.340 e. The lowest BCUT2D eigenvalue weighted by Gasteiger charge is -2.15. The molecule has 146 valence electrons. The van der Waals surface area contributed by atoms with E-state index < -0.39 is 11.7 Å². The fourth-order valence-electron chi connectivity index (χ4n) is 2.69. The summed E-state index contributed by atoms with van der Waals surface area (Å²) in [5, 5.41) is 12.7. The average molecular weight is 411 g/mol. The van der Waals surface area contributed by atoms with Crippen LogP contribution in [0, 0.1) is 0 Å². The summed E-state index contributed by atoms with van der Waals surface area (Å²) < 4.78 is 5.95. The molecule has 0 atom stereocenters. The van der Waals surface area contributed by atoms with Crippen molar-refractivity contribution in [2.24, 2.45) is 0 Å². The highest BCUT2D eigenvalue weighted by Gasteiger charge is 2.14. The fraction of sp³-hybridized carbons (Fsp3) is 0.0526. The summed E-state index contributed by atoms with van der Waals surface area (Å²) in [7, 11) is 0. The Morgan fingerprint density at radius 3 is 2.72 bits per heavy atom. The van der Waals surface area contributed by atoms with Gasteiger partial charge in [-0.15, -0.1) is 0 Å². The second-order valence-electron chi connectivity index (χ2n) is 6.00. The third-order valence-corrected chi connectivity index (χ3v) is 4.25. The second kappa shape index (κ2) is 8.03. The Morgan fingerprint density at radius 1 is 1.14 bits per heavy atom. The minimum atomic E-state index is -0.494. The molecule has 2 aromatic heterocycles. The number of nitrogens with zero attached hydrogens (tertiary/aromatic N) is 2. The predicted octanol–water partition coefficient (Wildman–Crippen LogP) is 3.41. The van der Waals surface area contributed by atoms with E-state index in [1.54, 1.807) is 48.7 Å². The summed E-state index contributed by atoms with van der Waals surface area (Å²) in [6.07, 6.45) is 1.67. The number of H-pyrrole nitrogens is 2. The molecule has 0 aliphatic heterocycles. The second-order valence-corrected chi connectivity index (χ2v) is 6.43. The van der Waals surface area contributed by atoms with Crippen LogP contribution >= 0.6 is 11.6 Å². The van der Waals surface area contributed by atoms with Gasteiger partial charge in [-0.25, -0.2) is 14.7 Å². The Kier molecular flexibility index (Phi) is 5.12. The first-order valence-electron chi connectivity index (χ1n) is 8.58. The molecule has 0 bridgehead atoms. The number of aromatic amines is 2. The summed E-state index contributed by atoms with van der Waals surface area (Å²) in [6, 6.07) is 13.5. The molecule has 2 amide bonds. The lowest BCUT2D eigenvalue weighted by molar-refractivity contribution is 0.251. The SMILES string of the molecule is O=C(NCc1n[nH]c(=O)[nH]1)Nc1c(Oc2ccc(Cl)cc2)ccc2ncccc12. The molecule has 29 heavy (non-hydrogen) atoms. The highest BCUT2D eigenvalue weighted by Crippen LogP contribution is 2.35. The van der Waals surface area contributed by atoms with Crippen LogP contribution in [0.1, 0.15) is 5.82 Å². The van der Waals surface area contributed by atoms with Gasteiger partial charge in [0, 0.05) is 16.6 Å². The number of carbonyl (C=O) groups excluding carboxylic acids is 1. The van der Waals surface area contributed by atoms with Gasteiger partial charge in [-0.2, -0.15) is 5.10 Å². The zero-order chi connectivity index (χ0) is 20.2. The van der Waals surface area contributed by atoms with E-state index in [0.29, 0.717) is 38.9 Å². The van der Waals surface area contributed by atoms with Gasteiger partial charge in [0.05, 0.1) is 17.7 Å². The number of fused-ring (bicyclic) bond motifs is 1. The van der Waals surface area contributed by atoms with Crippen molar-refractivity contribution >= 4 is 34.2 Å². The molecule has 4 N–H and O–H groups in total. The van der Waals surface area contributed by atoms with Crippen molar-refractivity contribution in [1.82, 2.24) is 25.5 Å². The number of anilines is 1. The van der Waals surface area contributed by atoms with Crippen LogP contribution in [0.5, 0.6) is 11.5 Å². The van der Waals surface area contributed by atoms with Gasteiger partial charge < -0.3 is 15.4 Å². The van der Waals surface area contributed by atoms with Crippen molar-refractivity contribution in [2.75, 3.05) is 5.32 Å². The van der Waals surface area contributed by atoms with E-state index in [-0.39, 0.29) is 6.54 Å². The number of amides is 2. The molecule has 0 fully saturated rings. The standard InChI is InChI=1S/C19H15ClN6O3/c20-11-3-5-12(6-4-11)29-15-8-7-14-13(2-1-9-21-14)17(15)24-18(27)22-10-16-23-19(28)26-25-16/h1-9H,10H2,(H2,22,24,27)(H2,23,25,26,28). The molecular weight excluding hydrogens is 396 g/mol. The van der Waals surface area contributed by atoms with E-state index in [1.807, 2.05) is 6.07 Å². The highest BCUT2D eigenvalue weighted by atomic mass is 35.5. The minimum Gasteiger partial charge on any atom is -0.455 e. The van der Waals surface area contributed by atoms with Gasteiger partial charge in [0.1, 0.15) is 11.6 Å². The molecule has 0 aliphatic rings. The van der Waals surface area contributed by atoms with Crippen LogP contribution in [0.15, 0.2) is 59.5 Å². The first-order valence-corrected chi connectivity index (χ1v) is 8.96. The maximum absolute atomic E-state index is 12.4. The van der Waals surface area contributed by atoms with Crippen LogP contribution < -0.4 is 21.1 Å². The lowest BCUT2D eigenvalue weighted by atomic mass is 10.1. The van der Waals surface area contributed by atoms with Crippen LogP contribution in [0.4, 0.5) is 10.5 Å². The summed E-state index contributed by atoms with van der Waals surface area (Å²) in [4.78, 5) is 30.3. The van der Waals surface area contributed by atoms with Crippen molar-refractivity contribution in [1.29, 1.82) is 0 Å². The van der Waals surface area contributed by atoms with Gasteiger partial charge in [-0.3, -0.25) is 9.97 Å². The highest BCUT2D eigenvalue weighted by molar-refractivity contribution is 6.30. The summed E-state index contributed by atoms with van der Waals surface area (Å²) in [6.45, 7) is 0.0426. The van der Waals surface area contributed by atoms with E-state index in [9.17, 15) is 9.59 Å². The van der Waals surface area contributed by atoms with Gasteiger partial charge >= 0.3 is 11.7 Å². The molecule has 0 saturated carbocycles. The molecule has 2 aromatic carbocycles. The predicted molar refractivity (Wildman–Crippen MR) is 108 cm³/mol. The van der Waals surface area contributed by atoms with Gasteiger partial charge in [0.15, 0.2) is 5.75 Å². The van der Waals surface area contributed by atoms with Crippen LogP contribution in [0.3, 0.4) is 0 Å². The number of benzene rings is 2. The first kappa shape index (κ1) is 18.5. The Balaban J connectivity index is 1.60.